The van der Waals surface area contributed by atoms with Gasteiger partial charge in [0.05, 0.1) is 18.4 Å². The Labute approximate surface area is 121 Å². The highest BCUT2D eigenvalue weighted by Gasteiger charge is 2.65. The summed E-state index contributed by atoms with van der Waals surface area (Å²) < 4.78 is 1.78. The van der Waals surface area contributed by atoms with Crippen molar-refractivity contribution < 1.29 is 14.7 Å². The van der Waals surface area contributed by atoms with E-state index in [9.17, 15) is 9.59 Å². The number of pyridine rings is 1. The average molecular weight is 288 g/mol. The van der Waals surface area contributed by atoms with Crippen LogP contribution in [-0.4, -0.2) is 31.6 Å². The molecule has 0 aliphatic heterocycles. The zero-order chi connectivity index (χ0) is 15.2. The number of rotatable bonds is 4. The predicted octanol–water partition coefficient (Wildman–Crippen LogP) is 0.702. The van der Waals surface area contributed by atoms with Crippen molar-refractivity contribution in [3.8, 4) is 0 Å². The Kier molecular flexibility index (Phi) is 2.93. The third kappa shape index (κ3) is 2.14. The average Bonchev–Trinajstić information content (AvgIpc) is 2.82. The van der Waals surface area contributed by atoms with Gasteiger partial charge in [-0.1, -0.05) is 19.9 Å². The fourth-order valence-corrected chi connectivity index (χ4v) is 2.88. The molecule has 2 aromatic rings. The fourth-order valence-electron chi connectivity index (χ4n) is 2.88. The van der Waals surface area contributed by atoms with Crippen molar-refractivity contribution in [3.05, 3.63) is 30.2 Å². The fraction of sp³-hybridized carbons (Fsp3) is 0.429. The molecule has 1 aliphatic rings. The molecule has 2 aromatic heterocycles. The maximum Gasteiger partial charge on any atom is 0.307 e. The quantitative estimate of drug-likeness (QED) is 0.863. The third-order valence-electron chi connectivity index (χ3n) is 4.18. The molecule has 2 N–H and O–H groups in total. The van der Waals surface area contributed by atoms with E-state index in [4.69, 9.17) is 5.11 Å². The minimum absolute atomic E-state index is 0.225. The summed E-state index contributed by atoms with van der Waals surface area (Å²) in [5, 5.41) is 19.9. The first-order valence-corrected chi connectivity index (χ1v) is 6.72. The number of carbonyl (C=O) groups is 2. The molecule has 0 aromatic carbocycles. The first-order valence-electron chi connectivity index (χ1n) is 6.72. The number of carboxylic acids is 1. The Morgan fingerprint density at radius 3 is 2.76 bits per heavy atom. The van der Waals surface area contributed by atoms with Crippen molar-refractivity contribution >= 4 is 17.5 Å². The number of amides is 1. The molecule has 1 amide bonds. The van der Waals surface area contributed by atoms with Crippen LogP contribution in [0.25, 0.3) is 5.65 Å². The number of hydrogen-bond donors (Lipinski definition) is 2. The van der Waals surface area contributed by atoms with Gasteiger partial charge in [0, 0.05) is 6.20 Å². The van der Waals surface area contributed by atoms with E-state index in [2.05, 4.69) is 15.5 Å². The highest BCUT2D eigenvalue weighted by atomic mass is 16.4. The topological polar surface area (TPSA) is 96.6 Å². The summed E-state index contributed by atoms with van der Waals surface area (Å²) in [7, 11) is 0. The molecule has 0 radical (unpaired) electrons. The van der Waals surface area contributed by atoms with Crippen LogP contribution in [0.3, 0.4) is 0 Å². The van der Waals surface area contributed by atoms with Gasteiger partial charge in [0.1, 0.15) is 0 Å². The highest BCUT2D eigenvalue weighted by molar-refractivity contribution is 5.91. The van der Waals surface area contributed by atoms with Gasteiger partial charge in [-0.3, -0.25) is 14.0 Å². The zero-order valence-corrected chi connectivity index (χ0v) is 11.8. The zero-order valence-electron chi connectivity index (χ0n) is 11.8. The summed E-state index contributed by atoms with van der Waals surface area (Å²) in [5.41, 5.74) is 0.208. The van der Waals surface area contributed by atoms with E-state index in [0.29, 0.717) is 11.5 Å². The van der Waals surface area contributed by atoms with Gasteiger partial charge in [-0.05, 0) is 17.5 Å². The molecule has 3 rings (SSSR count). The predicted molar refractivity (Wildman–Crippen MR) is 73.2 cm³/mol. The van der Waals surface area contributed by atoms with E-state index in [1.165, 1.54) is 0 Å². The Morgan fingerprint density at radius 1 is 1.33 bits per heavy atom. The van der Waals surface area contributed by atoms with Crippen molar-refractivity contribution in [3.63, 3.8) is 0 Å². The third-order valence-corrected chi connectivity index (χ3v) is 4.18. The summed E-state index contributed by atoms with van der Waals surface area (Å²) >= 11 is 0. The van der Waals surface area contributed by atoms with Crippen molar-refractivity contribution in [1.82, 2.24) is 19.9 Å². The van der Waals surface area contributed by atoms with Gasteiger partial charge in [0.15, 0.2) is 11.5 Å². The first-order chi connectivity index (χ1) is 9.93. The smallest absolute Gasteiger partial charge is 0.307 e. The van der Waals surface area contributed by atoms with E-state index in [-0.39, 0.29) is 12.5 Å². The highest BCUT2D eigenvalue weighted by Crippen LogP contribution is 2.58. The number of aromatic nitrogens is 3. The second-order valence-corrected chi connectivity index (χ2v) is 5.88. The second kappa shape index (κ2) is 4.54. The van der Waals surface area contributed by atoms with E-state index in [1.807, 2.05) is 24.4 Å². The molecule has 0 spiro atoms. The SMILES string of the molecule is CC1(C)[C@H](C(=O)O)[C@@H]1C(=O)NCc1nnc2ccccn12. The molecular weight excluding hydrogens is 272 g/mol. The minimum Gasteiger partial charge on any atom is -0.481 e. The van der Waals surface area contributed by atoms with Crippen LogP contribution in [0.2, 0.25) is 0 Å². The number of aliphatic carboxylic acids is 1. The maximum atomic E-state index is 12.1. The second-order valence-electron chi connectivity index (χ2n) is 5.88. The summed E-state index contributed by atoms with van der Waals surface area (Å²) in [6, 6.07) is 5.53. The number of hydrogen-bond acceptors (Lipinski definition) is 4. The van der Waals surface area contributed by atoms with Crippen LogP contribution in [0.15, 0.2) is 24.4 Å². The van der Waals surface area contributed by atoms with Crippen LogP contribution in [-0.2, 0) is 16.1 Å². The molecule has 2 atom stereocenters. The van der Waals surface area contributed by atoms with Crippen LogP contribution < -0.4 is 5.32 Å². The summed E-state index contributed by atoms with van der Waals surface area (Å²) in [4.78, 5) is 23.2. The van der Waals surface area contributed by atoms with Gasteiger partial charge >= 0.3 is 5.97 Å². The van der Waals surface area contributed by atoms with E-state index in [1.54, 1.807) is 18.2 Å². The number of nitrogens with zero attached hydrogens (tertiary/aromatic N) is 3. The molecule has 0 saturated heterocycles. The Morgan fingerprint density at radius 2 is 2.10 bits per heavy atom. The van der Waals surface area contributed by atoms with Crippen molar-refractivity contribution in [2.24, 2.45) is 17.3 Å². The molecular formula is C14H16N4O3. The van der Waals surface area contributed by atoms with E-state index >= 15 is 0 Å². The molecule has 1 fully saturated rings. The molecule has 0 bridgehead atoms. The van der Waals surface area contributed by atoms with Gasteiger partial charge in [-0.25, -0.2) is 0 Å². The summed E-state index contributed by atoms with van der Waals surface area (Å²) in [6.45, 7) is 3.81. The molecule has 7 heteroatoms. The van der Waals surface area contributed by atoms with Gasteiger partial charge < -0.3 is 10.4 Å². The van der Waals surface area contributed by atoms with Crippen molar-refractivity contribution in [2.75, 3.05) is 0 Å². The van der Waals surface area contributed by atoms with Crippen molar-refractivity contribution in [2.45, 2.75) is 20.4 Å². The van der Waals surface area contributed by atoms with Crippen LogP contribution in [0.4, 0.5) is 0 Å². The molecule has 21 heavy (non-hydrogen) atoms. The number of fused-ring (bicyclic) bond motifs is 1. The van der Waals surface area contributed by atoms with Gasteiger partial charge in [-0.15, -0.1) is 10.2 Å². The number of nitrogens with one attached hydrogen (secondary N) is 1. The number of carboxylic acid groups (broad SMARTS) is 1. The Hall–Kier alpha value is -2.44. The molecule has 7 nitrogen and oxygen atoms in total. The lowest BCUT2D eigenvalue weighted by Gasteiger charge is -2.05. The largest absolute Gasteiger partial charge is 0.481 e. The van der Waals surface area contributed by atoms with Gasteiger partial charge in [-0.2, -0.15) is 0 Å². The number of carbonyl (C=O) groups excluding carboxylic acids is 1. The maximum absolute atomic E-state index is 12.1. The first kappa shape index (κ1) is 13.5. The van der Waals surface area contributed by atoms with Crippen LogP contribution in [0, 0.1) is 17.3 Å². The van der Waals surface area contributed by atoms with Crippen LogP contribution in [0.1, 0.15) is 19.7 Å². The standard InChI is InChI=1S/C14H16N4O3/c1-14(2)10(11(14)13(20)21)12(19)15-7-9-17-16-8-5-3-4-6-18(8)9/h3-6,10-11H,7H2,1-2H3,(H,15,19)(H,20,21)/t10-,11+/m1/s1. The van der Waals surface area contributed by atoms with Crippen molar-refractivity contribution in [1.29, 1.82) is 0 Å². The molecule has 1 saturated carbocycles. The van der Waals surface area contributed by atoms with E-state index < -0.39 is 23.2 Å². The molecule has 110 valence electrons. The Bertz CT molecular complexity index is 722. The van der Waals surface area contributed by atoms with Crippen LogP contribution >= 0.6 is 0 Å². The normalized spacial score (nSPS) is 23.0. The summed E-state index contributed by atoms with van der Waals surface area (Å²) in [6.07, 6.45) is 1.82. The van der Waals surface area contributed by atoms with Crippen LogP contribution in [0.5, 0.6) is 0 Å². The van der Waals surface area contributed by atoms with E-state index in [0.717, 1.165) is 0 Å². The lowest BCUT2D eigenvalue weighted by atomic mass is 10.1. The molecule has 2 heterocycles. The minimum atomic E-state index is -0.923. The monoisotopic (exact) mass is 288 g/mol. The lowest BCUT2D eigenvalue weighted by Crippen LogP contribution is -2.27. The molecule has 1 aliphatic carbocycles. The van der Waals surface area contributed by atoms with Gasteiger partial charge in [0.25, 0.3) is 0 Å². The Balaban J connectivity index is 1.69. The molecule has 0 unspecified atom stereocenters. The summed E-state index contributed by atoms with van der Waals surface area (Å²) in [5.74, 6) is -1.67. The van der Waals surface area contributed by atoms with Gasteiger partial charge in [0.2, 0.25) is 5.91 Å². The lowest BCUT2D eigenvalue weighted by molar-refractivity contribution is -0.140.